The van der Waals surface area contributed by atoms with Gasteiger partial charge in [0.2, 0.25) is 0 Å². The van der Waals surface area contributed by atoms with Gasteiger partial charge in [0, 0.05) is 23.1 Å². The molecule has 0 aliphatic carbocycles. The molecule has 84 valence electrons. The van der Waals surface area contributed by atoms with Gasteiger partial charge in [0.15, 0.2) is 0 Å². The quantitative estimate of drug-likeness (QED) is 0.752. The van der Waals surface area contributed by atoms with Crippen molar-refractivity contribution >= 4 is 15.9 Å². The zero-order valence-electron chi connectivity index (χ0n) is 8.40. The summed E-state index contributed by atoms with van der Waals surface area (Å²) in [5, 5.41) is 0.453. The highest BCUT2D eigenvalue weighted by molar-refractivity contribution is 9.09. The molecule has 5 heteroatoms. The Balaban J connectivity index is 3.31. The van der Waals surface area contributed by atoms with E-state index in [1.165, 1.54) is 6.20 Å². The van der Waals surface area contributed by atoms with Crippen LogP contribution in [0.5, 0.6) is 0 Å². The van der Waals surface area contributed by atoms with E-state index in [2.05, 4.69) is 20.9 Å². The van der Waals surface area contributed by atoms with Crippen molar-refractivity contribution in [2.24, 2.45) is 0 Å². The minimum Gasteiger partial charge on any atom is -0.264 e. The Kier molecular flexibility index (Phi) is 3.43. The number of hydrogen-bond donors (Lipinski definition) is 0. The molecular weight excluding hydrogens is 271 g/mol. The van der Waals surface area contributed by atoms with Crippen LogP contribution in [0.3, 0.4) is 0 Å². The van der Waals surface area contributed by atoms with Crippen LogP contribution >= 0.6 is 15.9 Å². The average Bonchev–Trinajstić information content (AvgIpc) is 2.16. The lowest BCUT2D eigenvalue weighted by Gasteiger charge is -2.25. The average molecular weight is 282 g/mol. The van der Waals surface area contributed by atoms with E-state index in [0.29, 0.717) is 5.33 Å². The normalized spacial score (nSPS) is 12.9. The number of alkyl halides is 4. The Morgan fingerprint density at radius 1 is 1.27 bits per heavy atom. The standard InChI is InChI=1S/C10H11BrF3N/c1-9(2,6-11)8-5-15-4-3-7(8)10(12,13)14/h3-5H,6H2,1-2H3. The minimum atomic E-state index is -4.32. The fraction of sp³-hybridized carbons (Fsp3) is 0.500. The summed E-state index contributed by atoms with van der Waals surface area (Å²) >= 11 is 3.21. The van der Waals surface area contributed by atoms with Crippen LogP contribution in [0.15, 0.2) is 18.5 Å². The zero-order chi connectivity index (χ0) is 11.7. The van der Waals surface area contributed by atoms with E-state index in [4.69, 9.17) is 0 Å². The van der Waals surface area contributed by atoms with E-state index in [1.807, 2.05) is 0 Å². The lowest BCUT2D eigenvalue weighted by molar-refractivity contribution is -0.138. The number of aromatic nitrogens is 1. The van der Waals surface area contributed by atoms with Crippen LogP contribution in [-0.2, 0) is 11.6 Å². The molecule has 0 radical (unpaired) electrons. The van der Waals surface area contributed by atoms with E-state index in [9.17, 15) is 13.2 Å². The van der Waals surface area contributed by atoms with Crippen LogP contribution in [0.25, 0.3) is 0 Å². The molecule has 0 spiro atoms. The molecule has 0 aliphatic heterocycles. The van der Waals surface area contributed by atoms with Gasteiger partial charge in [0.25, 0.3) is 0 Å². The largest absolute Gasteiger partial charge is 0.416 e. The van der Waals surface area contributed by atoms with Crippen molar-refractivity contribution in [3.8, 4) is 0 Å². The van der Waals surface area contributed by atoms with Crippen LogP contribution in [0.1, 0.15) is 25.0 Å². The summed E-state index contributed by atoms with van der Waals surface area (Å²) in [7, 11) is 0. The van der Waals surface area contributed by atoms with E-state index in [-0.39, 0.29) is 5.56 Å². The molecule has 0 unspecified atom stereocenters. The predicted octanol–water partition coefficient (Wildman–Crippen LogP) is 3.77. The van der Waals surface area contributed by atoms with Crippen LogP contribution < -0.4 is 0 Å². The van der Waals surface area contributed by atoms with Gasteiger partial charge in [0.05, 0.1) is 5.56 Å². The van der Waals surface area contributed by atoms with Crippen molar-refractivity contribution in [2.75, 3.05) is 5.33 Å². The summed E-state index contributed by atoms with van der Waals surface area (Å²) in [4.78, 5) is 3.75. The molecule has 0 saturated heterocycles. The first-order valence-corrected chi connectivity index (χ1v) is 5.49. The summed E-state index contributed by atoms with van der Waals surface area (Å²) < 4.78 is 38.0. The fourth-order valence-electron chi connectivity index (χ4n) is 1.25. The molecule has 1 rings (SSSR count). The number of nitrogens with zero attached hydrogens (tertiary/aromatic N) is 1. The van der Waals surface area contributed by atoms with Crippen molar-refractivity contribution < 1.29 is 13.2 Å². The van der Waals surface area contributed by atoms with Crippen molar-refractivity contribution in [3.05, 3.63) is 29.6 Å². The summed E-state index contributed by atoms with van der Waals surface area (Å²) in [5.74, 6) is 0. The lowest BCUT2D eigenvalue weighted by atomic mass is 9.85. The molecule has 0 aromatic carbocycles. The highest BCUT2D eigenvalue weighted by Crippen LogP contribution is 2.37. The highest BCUT2D eigenvalue weighted by Gasteiger charge is 2.37. The van der Waals surface area contributed by atoms with Gasteiger partial charge in [-0.1, -0.05) is 29.8 Å². The Morgan fingerprint density at radius 3 is 2.33 bits per heavy atom. The summed E-state index contributed by atoms with van der Waals surface area (Å²) in [6.45, 7) is 3.49. The summed E-state index contributed by atoms with van der Waals surface area (Å²) in [5.41, 5.74) is -0.977. The molecule has 0 saturated carbocycles. The smallest absolute Gasteiger partial charge is 0.264 e. The van der Waals surface area contributed by atoms with Crippen molar-refractivity contribution in [2.45, 2.75) is 25.4 Å². The second kappa shape index (κ2) is 4.12. The predicted molar refractivity (Wildman–Crippen MR) is 56.1 cm³/mol. The maximum Gasteiger partial charge on any atom is 0.416 e. The molecule has 0 aliphatic rings. The van der Waals surface area contributed by atoms with Crippen molar-refractivity contribution in [1.29, 1.82) is 0 Å². The van der Waals surface area contributed by atoms with E-state index in [1.54, 1.807) is 13.8 Å². The zero-order valence-corrected chi connectivity index (χ0v) is 9.98. The van der Waals surface area contributed by atoms with Crippen LogP contribution in [0.2, 0.25) is 0 Å². The van der Waals surface area contributed by atoms with Gasteiger partial charge in [-0.2, -0.15) is 13.2 Å². The van der Waals surface area contributed by atoms with Crippen molar-refractivity contribution in [3.63, 3.8) is 0 Å². The minimum absolute atomic E-state index is 0.217. The van der Waals surface area contributed by atoms with Gasteiger partial charge < -0.3 is 0 Å². The third-order valence-corrected chi connectivity index (χ3v) is 3.59. The van der Waals surface area contributed by atoms with Crippen LogP contribution in [-0.4, -0.2) is 10.3 Å². The van der Waals surface area contributed by atoms with Crippen molar-refractivity contribution in [1.82, 2.24) is 4.98 Å². The number of halogens is 4. The maximum atomic E-state index is 12.7. The number of pyridine rings is 1. The Labute approximate surface area is 94.8 Å². The third-order valence-electron chi connectivity index (χ3n) is 2.19. The van der Waals surface area contributed by atoms with Gasteiger partial charge in [-0.15, -0.1) is 0 Å². The van der Waals surface area contributed by atoms with E-state index >= 15 is 0 Å². The topological polar surface area (TPSA) is 12.9 Å². The molecular formula is C10H11BrF3N. The molecule has 0 amide bonds. The molecule has 0 N–H and O–H groups in total. The molecule has 0 fully saturated rings. The van der Waals surface area contributed by atoms with Gasteiger partial charge in [-0.05, 0) is 11.6 Å². The van der Waals surface area contributed by atoms with Gasteiger partial charge in [-0.3, -0.25) is 4.98 Å². The molecule has 1 aromatic rings. The maximum absolute atomic E-state index is 12.7. The molecule has 0 bridgehead atoms. The number of hydrogen-bond acceptors (Lipinski definition) is 1. The third kappa shape index (κ3) is 2.71. The second-order valence-corrected chi connectivity index (χ2v) is 4.50. The summed E-state index contributed by atoms with van der Waals surface area (Å²) in [6.07, 6.45) is -1.88. The molecule has 15 heavy (non-hydrogen) atoms. The van der Waals surface area contributed by atoms with E-state index in [0.717, 1.165) is 12.3 Å². The van der Waals surface area contributed by atoms with Crippen LogP contribution in [0, 0.1) is 0 Å². The Hall–Kier alpha value is -0.580. The van der Waals surface area contributed by atoms with E-state index < -0.39 is 17.2 Å². The Bertz CT molecular complexity index is 347. The van der Waals surface area contributed by atoms with Gasteiger partial charge in [-0.25, -0.2) is 0 Å². The summed E-state index contributed by atoms with van der Waals surface area (Å²) in [6, 6.07) is 1.01. The Morgan fingerprint density at radius 2 is 1.87 bits per heavy atom. The first kappa shape index (κ1) is 12.5. The molecule has 1 heterocycles. The molecule has 1 aromatic heterocycles. The monoisotopic (exact) mass is 281 g/mol. The van der Waals surface area contributed by atoms with Gasteiger partial charge >= 0.3 is 6.18 Å². The van der Waals surface area contributed by atoms with Crippen LogP contribution in [0.4, 0.5) is 13.2 Å². The number of rotatable bonds is 2. The molecule has 0 atom stereocenters. The first-order chi connectivity index (χ1) is 6.79. The fourth-order valence-corrected chi connectivity index (χ4v) is 1.55. The SMILES string of the molecule is CC(C)(CBr)c1cnccc1C(F)(F)F. The lowest BCUT2D eigenvalue weighted by Crippen LogP contribution is -2.24. The second-order valence-electron chi connectivity index (χ2n) is 3.94. The highest BCUT2D eigenvalue weighted by atomic mass is 79.9. The molecule has 1 nitrogen and oxygen atoms in total. The first-order valence-electron chi connectivity index (χ1n) is 4.36. The van der Waals surface area contributed by atoms with Gasteiger partial charge in [0.1, 0.15) is 0 Å².